The highest BCUT2D eigenvalue weighted by Crippen LogP contribution is 2.42. The average molecular weight is 293 g/mol. The summed E-state index contributed by atoms with van der Waals surface area (Å²) in [4.78, 5) is 22.6. The van der Waals surface area contributed by atoms with Gasteiger partial charge in [-0.1, -0.05) is 19.3 Å². The van der Waals surface area contributed by atoms with Gasteiger partial charge in [-0.2, -0.15) is 8.42 Å². The molecule has 1 aliphatic rings. The van der Waals surface area contributed by atoms with Crippen molar-refractivity contribution in [2.24, 2.45) is 5.41 Å². The summed E-state index contributed by atoms with van der Waals surface area (Å²) in [6, 6.07) is 0. The van der Waals surface area contributed by atoms with Crippen molar-refractivity contribution in [1.29, 1.82) is 0 Å². The fraction of sp³-hybridized carbons (Fsp3) is 0.818. The molecule has 0 atom stereocenters. The van der Waals surface area contributed by atoms with E-state index in [1.165, 1.54) is 0 Å². The molecule has 2 N–H and O–H groups in total. The van der Waals surface area contributed by atoms with Gasteiger partial charge in [0.25, 0.3) is 10.1 Å². The van der Waals surface area contributed by atoms with Crippen molar-refractivity contribution in [3.8, 4) is 0 Å². The van der Waals surface area contributed by atoms with Crippen LogP contribution in [0.2, 0.25) is 0 Å². The van der Waals surface area contributed by atoms with E-state index in [1.54, 1.807) is 0 Å². The molecule has 0 radical (unpaired) electrons. The van der Waals surface area contributed by atoms with Crippen LogP contribution in [-0.4, -0.2) is 31.7 Å². The van der Waals surface area contributed by atoms with Crippen LogP contribution in [0, 0.1) is 5.41 Å². The van der Waals surface area contributed by atoms with Gasteiger partial charge in [0, 0.05) is 6.42 Å². The van der Waals surface area contributed by atoms with Gasteiger partial charge in [0.05, 0.1) is 12.7 Å². The summed E-state index contributed by atoms with van der Waals surface area (Å²) in [6.07, 6.45) is 4.82. The number of amides is 1. The minimum atomic E-state index is -3.75. The van der Waals surface area contributed by atoms with Crippen molar-refractivity contribution in [2.75, 3.05) is 6.26 Å². The van der Waals surface area contributed by atoms with E-state index < -0.39 is 27.4 Å². The summed E-state index contributed by atoms with van der Waals surface area (Å²) in [5, 5.41) is 8.94. The predicted molar refractivity (Wildman–Crippen MR) is 66.5 cm³/mol. The third kappa shape index (κ3) is 6.02. The van der Waals surface area contributed by atoms with Gasteiger partial charge in [-0.05, 0) is 18.3 Å². The Hall–Kier alpha value is -1.15. The molecule has 8 heteroatoms. The van der Waals surface area contributed by atoms with E-state index in [0.29, 0.717) is 12.8 Å². The van der Waals surface area contributed by atoms with E-state index in [-0.39, 0.29) is 12.8 Å². The molecule has 1 rings (SSSR count). The summed E-state index contributed by atoms with van der Waals surface area (Å²) >= 11 is 0. The molecular formula is C11H19NO6S. The summed E-state index contributed by atoms with van der Waals surface area (Å²) in [7, 11) is -3.75. The van der Waals surface area contributed by atoms with Gasteiger partial charge in [-0.3, -0.25) is 9.59 Å². The van der Waals surface area contributed by atoms with Crippen molar-refractivity contribution >= 4 is 22.0 Å². The van der Waals surface area contributed by atoms with Crippen molar-refractivity contribution in [3.05, 3.63) is 0 Å². The molecule has 0 aromatic heterocycles. The number of hydrogen-bond acceptors (Lipinski definition) is 5. The van der Waals surface area contributed by atoms with Gasteiger partial charge < -0.3 is 5.11 Å². The zero-order valence-corrected chi connectivity index (χ0v) is 11.7. The average Bonchev–Trinajstić information content (AvgIpc) is 2.25. The third-order valence-electron chi connectivity index (χ3n) is 3.28. The Balaban J connectivity index is 2.61. The molecular weight excluding hydrogens is 274 g/mol. The molecule has 1 amide bonds. The normalized spacial score (nSPS) is 18.8. The highest BCUT2D eigenvalue weighted by atomic mass is 32.2. The number of hydroxylamine groups is 1. The first-order valence-corrected chi connectivity index (χ1v) is 7.93. The molecule has 1 saturated carbocycles. The molecule has 110 valence electrons. The maximum atomic E-state index is 11.7. The maximum Gasteiger partial charge on any atom is 0.303 e. The number of carbonyl (C=O) groups is 2. The number of rotatable bonds is 6. The minimum absolute atomic E-state index is 0.0329. The van der Waals surface area contributed by atoms with E-state index in [2.05, 4.69) is 4.28 Å². The van der Waals surface area contributed by atoms with Gasteiger partial charge in [0.2, 0.25) is 5.91 Å². The molecule has 0 aromatic rings. The van der Waals surface area contributed by atoms with Gasteiger partial charge in [0.15, 0.2) is 0 Å². The van der Waals surface area contributed by atoms with Crippen LogP contribution in [-0.2, 0) is 24.0 Å². The summed E-state index contributed by atoms with van der Waals surface area (Å²) in [6.45, 7) is 0. The molecule has 0 unspecified atom stereocenters. The fourth-order valence-corrected chi connectivity index (χ4v) is 2.78. The smallest absolute Gasteiger partial charge is 0.303 e. The third-order valence-corrected chi connectivity index (χ3v) is 3.67. The van der Waals surface area contributed by atoms with Crippen molar-refractivity contribution in [2.45, 2.75) is 44.9 Å². The Morgan fingerprint density at radius 2 is 1.79 bits per heavy atom. The molecule has 7 nitrogen and oxygen atoms in total. The van der Waals surface area contributed by atoms with Crippen LogP contribution in [0.5, 0.6) is 0 Å². The number of carboxylic acids is 1. The lowest BCUT2D eigenvalue weighted by Crippen LogP contribution is -2.36. The van der Waals surface area contributed by atoms with Gasteiger partial charge in [0.1, 0.15) is 0 Å². The monoisotopic (exact) mass is 293 g/mol. The van der Waals surface area contributed by atoms with Crippen LogP contribution < -0.4 is 5.48 Å². The zero-order chi connectivity index (χ0) is 14.5. The lowest BCUT2D eigenvalue weighted by atomic mass is 9.69. The van der Waals surface area contributed by atoms with Crippen LogP contribution in [0.25, 0.3) is 0 Å². The van der Waals surface area contributed by atoms with E-state index in [9.17, 15) is 18.0 Å². The van der Waals surface area contributed by atoms with E-state index in [1.807, 2.05) is 5.48 Å². The Morgan fingerprint density at radius 3 is 2.26 bits per heavy atom. The predicted octanol–water partition coefficient (Wildman–Crippen LogP) is 0.809. The molecule has 0 bridgehead atoms. The lowest BCUT2D eigenvalue weighted by molar-refractivity contribution is -0.142. The van der Waals surface area contributed by atoms with Crippen molar-refractivity contribution in [3.63, 3.8) is 0 Å². The Kier molecular flexibility index (Phi) is 5.30. The molecule has 0 aliphatic heterocycles. The first-order valence-electron chi connectivity index (χ1n) is 6.12. The Bertz CT molecular complexity index is 438. The Morgan fingerprint density at radius 1 is 1.21 bits per heavy atom. The maximum absolute atomic E-state index is 11.7. The molecule has 0 heterocycles. The molecule has 0 spiro atoms. The van der Waals surface area contributed by atoms with Crippen LogP contribution in [0.15, 0.2) is 0 Å². The molecule has 0 saturated heterocycles. The van der Waals surface area contributed by atoms with Gasteiger partial charge in [-0.25, -0.2) is 5.48 Å². The van der Waals surface area contributed by atoms with Crippen LogP contribution in [0.1, 0.15) is 44.9 Å². The zero-order valence-electron chi connectivity index (χ0n) is 10.8. The first kappa shape index (κ1) is 15.9. The summed E-state index contributed by atoms with van der Waals surface area (Å²) in [5.41, 5.74) is 1.26. The first-order chi connectivity index (χ1) is 8.72. The van der Waals surface area contributed by atoms with Crippen LogP contribution in [0.4, 0.5) is 0 Å². The van der Waals surface area contributed by atoms with Gasteiger partial charge in [-0.15, -0.1) is 4.28 Å². The molecule has 19 heavy (non-hydrogen) atoms. The number of carbonyl (C=O) groups excluding carboxylic acids is 1. The van der Waals surface area contributed by atoms with E-state index in [0.717, 1.165) is 25.5 Å². The molecule has 0 aromatic carbocycles. The number of nitrogens with one attached hydrogen (secondary N) is 1. The lowest BCUT2D eigenvalue weighted by Gasteiger charge is -2.35. The fourth-order valence-electron chi connectivity index (χ4n) is 2.54. The van der Waals surface area contributed by atoms with Crippen molar-refractivity contribution in [1.82, 2.24) is 5.48 Å². The van der Waals surface area contributed by atoms with Gasteiger partial charge >= 0.3 is 5.97 Å². The Labute approximate surface area is 112 Å². The standard InChI is InChI=1S/C11H19NO6S/c1-19(16,17)18-12-9(13)7-11(8-10(14)15)5-3-2-4-6-11/h2-8H2,1H3,(H,12,13)(H,14,15). The quantitative estimate of drug-likeness (QED) is 0.701. The minimum Gasteiger partial charge on any atom is -0.481 e. The largest absolute Gasteiger partial charge is 0.481 e. The highest BCUT2D eigenvalue weighted by Gasteiger charge is 2.36. The molecule has 1 fully saturated rings. The van der Waals surface area contributed by atoms with Crippen LogP contribution >= 0.6 is 0 Å². The number of aliphatic carboxylic acids is 1. The van der Waals surface area contributed by atoms with Crippen LogP contribution in [0.3, 0.4) is 0 Å². The van der Waals surface area contributed by atoms with E-state index in [4.69, 9.17) is 5.11 Å². The number of carboxylic acid groups (broad SMARTS) is 1. The number of hydrogen-bond donors (Lipinski definition) is 2. The SMILES string of the molecule is CS(=O)(=O)ONC(=O)CC1(CC(=O)O)CCCCC1. The second-order valence-electron chi connectivity index (χ2n) is 5.12. The van der Waals surface area contributed by atoms with E-state index >= 15 is 0 Å². The molecule has 1 aliphatic carbocycles. The topological polar surface area (TPSA) is 110 Å². The summed E-state index contributed by atoms with van der Waals surface area (Å²) in [5.74, 6) is -1.55. The second kappa shape index (κ2) is 6.33. The second-order valence-corrected chi connectivity index (χ2v) is 6.70. The van der Waals surface area contributed by atoms with Crippen molar-refractivity contribution < 1.29 is 27.4 Å². The highest BCUT2D eigenvalue weighted by molar-refractivity contribution is 7.85. The summed E-state index contributed by atoms with van der Waals surface area (Å²) < 4.78 is 25.7.